The van der Waals surface area contributed by atoms with E-state index in [1.807, 2.05) is 24.8 Å². The van der Waals surface area contributed by atoms with Crippen LogP contribution >= 0.6 is 0 Å². The number of benzene rings is 1. The maximum absolute atomic E-state index is 11.1. The summed E-state index contributed by atoms with van der Waals surface area (Å²) in [5.74, 6) is -0.474. The molecule has 19 heavy (non-hydrogen) atoms. The van der Waals surface area contributed by atoms with Gasteiger partial charge in [-0.3, -0.25) is 4.79 Å². The van der Waals surface area contributed by atoms with Crippen LogP contribution in [0.3, 0.4) is 0 Å². The van der Waals surface area contributed by atoms with E-state index in [1.54, 1.807) is 0 Å². The number of carboxylic acid groups (broad SMARTS) is 1. The van der Waals surface area contributed by atoms with Crippen molar-refractivity contribution in [1.29, 1.82) is 0 Å². The smallest absolute Gasteiger partial charge is 0.323 e. The van der Waals surface area contributed by atoms with Gasteiger partial charge in [-0.2, -0.15) is 0 Å². The van der Waals surface area contributed by atoms with E-state index in [0.29, 0.717) is 5.75 Å². The molecule has 0 saturated heterocycles. The number of carbonyl (C=O) groups is 1. The van der Waals surface area contributed by atoms with Crippen molar-refractivity contribution in [2.75, 3.05) is 18.0 Å². The van der Waals surface area contributed by atoms with Crippen LogP contribution in [0.4, 0.5) is 5.69 Å². The lowest BCUT2D eigenvalue weighted by molar-refractivity contribution is -0.135. The molecule has 0 atom stereocenters. The molecular formula is C15H19NO3. The van der Waals surface area contributed by atoms with Gasteiger partial charge in [-0.1, -0.05) is 0 Å². The highest BCUT2D eigenvalue weighted by Gasteiger charge is 2.48. The lowest BCUT2D eigenvalue weighted by Gasteiger charge is -2.37. The van der Waals surface area contributed by atoms with Gasteiger partial charge in [0.15, 0.2) is 0 Å². The number of phenolic OH excluding ortho intramolecular Hbond substituents is 1. The number of rotatable bonds is 2. The zero-order valence-corrected chi connectivity index (χ0v) is 11.4. The Hall–Kier alpha value is -1.71. The number of nitrogens with zero attached hydrogens (tertiary/aromatic N) is 1. The molecule has 102 valence electrons. The van der Waals surface area contributed by atoms with Crippen LogP contribution < -0.4 is 4.90 Å². The molecule has 2 N–H and O–H groups in total. The van der Waals surface area contributed by atoms with Crippen LogP contribution in [0.2, 0.25) is 0 Å². The molecule has 1 aromatic carbocycles. The average Bonchev–Trinajstić information content (AvgIpc) is 3.04. The second-order valence-corrected chi connectivity index (χ2v) is 6.08. The van der Waals surface area contributed by atoms with E-state index in [9.17, 15) is 9.90 Å². The van der Waals surface area contributed by atoms with Gasteiger partial charge in [-0.15, -0.1) is 0 Å². The van der Waals surface area contributed by atoms with Gasteiger partial charge < -0.3 is 15.1 Å². The molecular weight excluding hydrogens is 242 g/mol. The molecule has 1 saturated carbocycles. The highest BCUT2D eigenvalue weighted by atomic mass is 16.4. The first kappa shape index (κ1) is 12.3. The normalized spacial score (nSPS) is 19.4. The Bertz CT molecular complexity index is 561. The van der Waals surface area contributed by atoms with Crippen LogP contribution in [0, 0.1) is 19.3 Å². The Labute approximate surface area is 112 Å². The number of aromatic hydroxyl groups is 1. The Morgan fingerprint density at radius 3 is 2.63 bits per heavy atom. The van der Waals surface area contributed by atoms with Gasteiger partial charge in [0.05, 0.1) is 0 Å². The van der Waals surface area contributed by atoms with E-state index in [2.05, 4.69) is 0 Å². The van der Waals surface area contributed by atoms with Crippen molar-refractivity contribution >= 4 is 11.7 Å². The van der Waals surface area contributed by atoms with E-state index in [-0.39, 0.29) is 12.0 Å². The van der Waals surface area contributed by atoms with E-state index in [1.165, 1.54) is 0 Å². The Morgan fingerprint density at radius 1 is 1.37 bits per heavy atom. The van der Waals surface area contributed by atoms with Crippen molar-refractivity contribution in [3.05, 3.63) is 22.8 Å². The van der Waals surface area contributed by atoms with E-state index in [0.717, 1.165) is 48.2 Å². The fraction of sp³-hybridized carbons (Fsp3) is 0.533. The lowest BCUT2D eigenvalue weighted by Crippen LogP contribution is -2.40. The molecule has 0 amide bonds. The van der Waals surface area contributed by atoms with Gasteiger partial charge >= 0.3 is 5.97 Å². The first-order valence-electron chi connectivity index (χ1n) is 6.71. The molecule has 1 fully saturated rings. The SMILES string of the molecule is Cc1c(O)cc2c(c1C)N(CC(=O)O)CC1(CC1)C2. The van der Waals surface area contributed by atoms with Crippen molar-refractivity contribution in [1.82, 2.24) is 0 Å². The monoisotopic (exact) mass is 261 g/mol. The van der Waals surface area contributed by atoms with Gasteiger partial charge in [-0.25, -0.2) is 0 Å². The molecule has 1 aliphatic heterocycles. The maximum Gasteiger partial charge on any atom is 0.323 e. The van der Waals surface area contributed by atoms with Crippen LogP contribution in [-0.4, -0.2) is 29.3 Å². The average molecular weight is 261 g/mol. The summed E-state index contributed by atoms with van der Waals surface area (Å²) in [6.45, 7) is 4.72. The summed E-state index contributed by atoms with van der Waals surface area (Å²) in [5, 5.41) is 19.1. The predicted molar refractivity (Wildman–Crippen MR) is 72.8 cm³/mol. The minimum Gasteiger partial charge on any atom is -0.508 e. The standard InChI is InChI=1S/C15H19NO3/c1-9-10(2)14-11(5-12(9)17)6-15(3-4-15)8-16(14)7-13(18)19/h5,17H,3-4,6-8H2,1-2H3,(H,18,19). The Morgan fingerprint density at radius 2 is 2.05 bits per heavy atom. The Kier molecular flexibility index (Phi) is 2.52. The molecule has 4 nitrogen and oxygen atoms in total. The summed E-state index contributed by atoms with van der Waals surface area (Å²) in [6, 6.07) is 1.83. The fourth-order valence-corrected chi connectivity index (χ4v) is 3.28. The summed E-state index contributed by atoms with van der Waals surface area (Å²) >= 11 is 0. The van der Waals surface area contributed by atoms with Gasteiger partial charge in [0.2, 0.25) is 0 Å². The second kappa shape index (κ2) is 3.89. The zero-order chi connectivity index (χ0) is 13.8. The number of hydrogen-bond donors (Lipinski definition) is 2. The van der Waals surface area contributed by atoms with E-state index < -0.39 is 5.97 Å². The number of carboxylic acids is 1. The minimum atomic E-state index is -0.797. The zero-order valence-electron chi connectivity index (χ0n) is 11.4. The second-order valence-electron chi connectivity index (χ2n) is 6.08. The summed E-state index contributed by atoms with van der Waals surface area (Å²) < 4.78 is 0. The molecule has 0 bridgehead atoms. The molecule has 1 heterocycles. The quantitative estimate of drug-likeness (QED) is 0.857. The van der Waals surface area contributed by atoms with Crippen molar-refractivity contribution in [3.8, 4) is 5.75 Å². The van der Waals surface area contributed by atoms with Crippen LogP contribution in [0.15, 0.2) is 6.07 Å². The first-order chi connectivity index (χ1) is 8.92. The van der Waals surface area contributed by atoms with Crippen LogP contribution in [0.1, 0.15) is 29.5 Å². The summed E-state index contributed by atoms with van der Waals surface area (Å²) in [7, 11) is 0. The summed E-state index contributed by atoms with van der Waals surface area (Å²) in [4.78, 5) is 13.1. The molecule has 2 aliphatic rings. The third kappa shape index (κ3) is 1.95. The van der Waals surface area contributed by atoms with Gasteiger partial charge in [0, 0.05) is 12.2 Å². The molecule has 1 spiro atoms. The third-order valence-electron chi connectivity index (χ3n) is 4.61. The van der Waals surface area contributed by atoms with Crippen molar-refractivity contribution in [2.45, 2.75) is 33.1 Å². The van der Waals surface area contributed by atoms with Gasteiger partial charge in [0.1, 0.15) is 12.3 Å². The number of hydrogen-bond acceptors (Lipinski definition) is 3. The van der Waals surface area contributed by atoms with E-state index >= 15 is 0 Å². The molecule has 0 radical (unpaired) electrons. The van der Waals surface area contributed by atoms with Gasteiger partial charge in [-0.05, 0) is 61.3 Å². The Balaban J connectivity index is 2.10. The number of phenols is 1. The minimum absolute atomic E-state index is 0.0415. The third-order valence-corrected chi connectivity index (χ3v) is 4.61. The highest BCUT2D eigenvalue weighted by Crippen LogP contribution is 2.54. The highest BCUT2D eigenvalue weighted by molar-refractivity contribution is 5.77. The van der Waals surface area contributed by atoms with Crippen LogP contribution in [-0.2, 0) is 11.2 Å². The first-order valence-corrected chi connectivity index (χ1v) is 6.71. The largest absolute Gasteiger partial charge is 0.508 e. The van der Waals surface area contributed by atoms with Crippen molar-refractivity contribution in [2.24, 2.45) is 5.41 Å². The fourth-order valence-electron chi connectivity index (χ4n) is 3.28. The predicted octanol–water partition coefficient (Wildman–Crippen LogP) is 2.24. The van der Waals surface area contributed by atoms with Crippen molar-refractivity contribution < 1.29 is 15.0 Å². The molecule has 1 aliphatic carbocycles. The molecule has 3 rings (SSSR count). The molecule has 0 unspecified atom stereocenters. The topological polar surface area (TPSA) is 60.8 Å². The molecule has 1 aromatic rings. The number of anilines is 1. The lowest BCUT2D eigenvalue weighted by atomic mass is 9.86. The van der Waals surface area contributed by atoms with Crippen molar-refractivity contribution in [3.63, 3.8) is 0 Å². The van der Waals surface area contributed by atoms with E-state index in [4.69, 9.17) is 5.11 Å². The molecule has 4 heteroatoms. The maximum atomic E-state index is 11.1. The van der Waals surface area contributed by atoms with Gasteiger partial charge in [0.25, 0.3) is 0 Å². The summed E-state index contributed by atoms with van der Waals surface area (Å²) in [5.41, 5.74) is 4.24. The summed E-state index contributed by atoms with van der Waals surface area (Å²) in [6.07, 6.45) is 3.29. The molecule has 0 aromatic heterocycles. The van der Waals surface area contributed by atoms with Crippen LogP contribution in [0.25, 0.3) is 0 Å². The van der Waals surface area contributed by atoms with Crippen LogP contribution in [0.5, 0.6) is 5.75 Å². The number of aliphatic carboxylic acids is 1. The number of fused-ring (bicyclic) bond motifs is 1.